The molecule has 2 heterocycles. The van der Waals surface area contributed by atoms with Gasteiger partial charge in [0.25, 0.3) is 5.91 Å². The molecule has 5 rings (SSSR count). The quantitative estimate of drug-likeness (QED) is 0.323. The van der Waals surface area contributed by atoms with Crippen molar-refractivity contribution in [2.45, 2.75) is 151 Å². The topological polar surface area (TPSA) is 108 Å². The lowest BCUT2D eigenvalue weighted by Gasteiger charge is -2.44. The Kier molecular flexibility index (Phi) is 9.94. The van der Waals surface area contributed by atoms with E-state index in [-0.39, 0.29) is 36.5 Å². The Morgan fingerprint density at radius 3 is 2.40 bits per heavy atom. The molecule has 3 fully saturated rings. The number of methoxy groups -OCH3 is 1. The van der Waals surface area contributed by atoms with Crippen LogP contribution in [-0.2, 0) is 19.1 Å². The SMILES string of the molecule is COC1CCC([Si](C)(C)[C@H]2[C@H](CCO)O[C@@]3(C(=O)N(CC4CCC(NC(=O)[C@H](C)O)CC4)C4=C3CCCC4)[C@@H]2C)CC1. The minimum absolute atomic E-state index is 0.0839. The van der Waals surface area contributed by atoms with Crippen LogP contribution in [0.3, 0.4) is 0 Å². The van der Waals surface area contributed by atoms with Gasteiger partial charge in [0.05, 0.1) is 20.3 Å². The summed E-state index contributed by atoms with van der Waals surface area (Å²) in [5.41, 5.74) is 2.60. The third-order valence-corrected chi connectivity index (χ3v) is 17.3. The van der Waals surface area contributed by atoms with E-state index in [0.717, 1.165) is 70.8 Å². The second-order valence-corrected chi connectivity index (χ2v) is 19.8. The fourth-order valence-corrected chi connectivity index (χ4v) is 14.8. The van der Waals surface area contributed by atoms with Crippen LogP contribution in [0.1, 0.15) is 97.3 Å². The van der Waals surface area contributed by atoms with E-state index in [2.05, 4.69) is 30.2 Å². The molecule has 3 aliphatic carbocycles. The molecule has 8 nitrogen and oxygen atoms in total. The molecule has 0 aromatic heterocycles. The summed E-state index contributed by atoms with van der Waals surface area (Å²) < 4.78 is 12.8. The number of hydrogen-bond donors (Lipinski definition) is 3. The number of fused-ring (bicyclic) bond motifs is 1. The van der Waals surface area contributed by atoms with Crippen molar-refractivity contribution in [1.29, 1.82) is 0 Å². The van der Waals surface area contributed by atoms with Crippen molar-refractivity contribution in [3.63, 3.8) is 0 Å². The van der Waals surface area contributed by atoms with Crippen LogP contribution in [0.4, 0.5) is 0 Å². The van der Waals surface area contributed by atoms with Crippen molar-refractivity contribution in [1.82, 2.24) is 10.2 Å². The summed E-state index contributed by atoms with van der Waals surface area (Å²) >= 11 is 0. The Morgan fingerprint density at radius 1 is 1.12 bits per heavy atom. The normalized spacial score (nSPS) is 38.2. The molecule has 3 N–H and O–H groups in total. The summed E-state index contributed by atoms with van der Waals surface area (Å²) in [4.78, 5) is 28.9. The van der Waals surface area contributed by atoms with Crippen molar-refractivity contribution < 1.29 is 29.3 Å². The van der Waals surface area contributed by atoms with Crippen LogP contribution >= 0.6 is 0 Å². The summed E-state index contributed by atoms with van der Waals surface area (Å²) in [6.45, 7) is 9.67. The Morgan fingerprint density at radius 2 is 1.79 bits per heavy atom. The first-order chi connectivity index (χ1) is 20.0. The van der Waals surface area contributed by atoms with Crippen LogP contribution in [0.15, 0.2) is 11.3 Å². The van der Waals surface area contributed by atoms with E-state index in [1.165, 1.54) is 31.0 Å². The zero-order chi connectivity index (χ0) is 30.2. The molecular weight excluding hydrogens is 548 g/mol. The van der Waals surface area contributed by atoms with Gasteiger partial charge in [-0.3, -0.25) is 9.59 Å². The van der Waals surface area contributed by atoms with Crippen LogP contribution < -0.4 is 5.32 Å². The minimum atomic E-state index is -1.89. The van der Waals surface area contributed by atoms with E-state index in [1.807, 2.05) is 7.11 Å². The Bertz CT molecular complexity index is 1020. The molecule has 2 amide bonds. The number of rotatable bonds is 9. The molecule has 1 saturated heterocycles. The molecule has 0 radical (unpaired) electrons. The number of carbonyl (C=O) groups is 2. The fraction of sp³-hybridized carbons (Fsp3) is 0.879. The van der Waals surface area contributed by atoms with E-state index in [1.54, 1.807) is 0 Å². The van der Waals surface area contributed by atoms with Gasteiger partial charge in [0, 0.05) is 37.9 Å². The van der Waals surface area contributed by atoms with Crippen LogP contribution in [0, 0.1) is 11.8 Å². The van der Waals surface area contributed by atoms with Gasteiger partial charge < -0.3 is 29.9 Å². The largest absolute Gasteiger partial charge is 0.396 e. The van der Waals surface area contributed by atoms with E-state index < -0.39 is 19.8 Å². The average Bonchev–Trinajstić information content (AvgIpc) is 3.41. The molecule has 0 bridgehead atoms. The first-order valence-corrected chi connectivity index (χ1v) is 20.0. The smallest absolute Gasteiger partial charge is 0.263 e. The van der Waals surface area contributed by atoms with Crippen LogP contribution in [0.5, 0.6) is 0 Å². The first-order valence-electron chi connectivity index (χ1n) is 16.9. The molecule has 9 heteroatoms. The number of ether oxygens (including phenoxy) is 2. The van der Waals surface area contributed by atoms with Crippen LogP contribution in [0.2, 0.25) is 24.2 Å². The molecule has 0 aromatic rings. The van der Waals surface area contributed by atoms with Crippen molar-refractivity contribution in [2.75, 3.05) is 20.3 Å². The number of hydrogen-bond acceptors (Lipinski definition) is 6. The lowest BCUT2D eigenvalue weighted by molar-refractivity contribution is -0.150. The monoisotopic (exact) mass is 604 g/mol. The van der Waals surface area contributed by atoms with Gasteiger partial charge in [-0.1, -0.05) is 32.9 Å². The lowest BCUT2D eigenvalue weighted by Crippen LogP contribution is -2.51. The molecule has 2 aliphatic heterocycles. The van der Waals surface area contributed by atoms with Crippen molar-refractivity contribution in [3.8, 4) is 0 Å². The summed E-state index contributed by atoms with van der Waals surface area (Å²) in [5.74, 6) is 0.347. The molecule has 5 aliphatic rings. The molecule has 238 valence electrons. The molecule has 0 unspecified atom stereocenters. The van der Waals surface area contributed by atoms with Gasteiger partial charge in [-0.2, -0.15) is 0 Å². The number of nitrogens with one attached hydrogen (secondary N) is 1. The van der Waals surface area contributed by atoms with Crippen molar-refractivity contribution in [2.24, 2.45) is 11.8 Å². The van der Waals surface area contributed by atoms with Gasteiger partial charge in [0.1, 0.15) is 6.10 Å². The predicted octanol–water partition coefficient (Wildman–Crippen LogP) is 4.91. The van der Waals surface area contributed by atoms with Gasteiger partial charge in [-0.05, 0) is 100 Å². The third-order valence-electron chi connectivity index (χ3n) is 12.0. The van der Waals surface area contributed by atoms with E-state index >= 15 is 0 Å². The highest BCUT2D eigenvalue weighted by atomic mass is 28.3. The highest BCUT2D eigenvalue weighted by molar-refractivity contribution is 6.80. The van der Waals surface area contributed by atoms with E-state index in [4.69, 9.17) is 9.47 Å². The number of aliphatic hydroxyl groups is 2. The lowest BCUT2D eigenvalue weighted by atomic mass is 9.78. The zero-order valence-electron chi connectivity index (χ0n) is 26.7. The maximum Gasteiger partial charge on any atom is 0.263 e. The summed E-state index contributed by atoms with van der Waals surface area (Å²) in [7, 11) is -0.0571. The van der Waals surface area contributed by atoms with Gasteiger partial charge in [-0.25, -0.2) is 0 Å². The fourth-order valence-electron chi connectivity index (χ4n) is 9.69. The number of carbonyl (C=O) groups excluding carboxylic acids is 2. The van der Waals surface area contributed by atoms with E-state index in [9.17, 15) is 19.8 Å². The highest BCUT2D eigenvalue weighted by Gasteiger charge is 2.67. The standard InChI is InChI=1S/C33H56N2O6Si/c1-21-30(42(4,5)26-16-14-25(40-3)15-17-26)29(18-19-36)41-33(21)27-8-6-7-9-28(27)35(32(33)39)20-23-10-12-24(13-11-23)34-31(38)22(2)37/h21-26,29-30,36-37H,6-20H2,1-5H3,(H,34,38)/t21-,22+,23?,24?,25?,26?,29+,30-,33+/m1/s1. The molecule has 1 spiro atoms. The number of aliphatic hydroxyl groups excluding tert-OH is 2. The molecule has 42 heavy (non-hydrogen) atoms. The van der Waals surface area contributed by atoms with Gasteiger partial charge in [0.15, 0.2) is 5.60 Å². The van der Waals surface area contributed by atoms with Crippen LogP contribution in [-0.4, -0.2) is 85.2 Å². The maximum atomic E-state index is 14.8. The zero-order valence-corrected chi connectivity index (χ0v) is 27.7. The average molecular weight is 605 g/mol. The van der Waals surface area contributed by atoms with Gasteiger partial charge >= 0.3 is 0 Å². The Hall–Kier alpha value is -1.26. The molecule has 5 atom stereocenters. The molecule has 2 saturated carbocycles. The van der Waals surface area contributed by atoms with Crippen molar-refractivity contribution in [3.05, 3.63) is 11.3 Å². The second-order valence-electron chi connectivity index (χ2n) is 14.7. The third kappa shape index (κ3) is 5.77. The summed E-state index contributed by atoms with van der Waals surface area (Å²) in [6, 6.07) is 0.0951. The first kappa shape index (κ1) is 32.1. The summed E-state index contributed by atoms with van der Waals surface area (Å²) in [6.07, 6.45) is 12.2. The van der Waals surface area contributed by atoms with Gasteiger partial charge in [0.2, 0.25) is 5.91 Å². The van der Waals surface area contributed by atoms with E-state index in [0.29, 0.717) is 29.5 Å². The maximum absolute atomic E-state index is 14.8. The Balaban J connectivity index is 1.36. The van der Waals surface area contributed by atoms with Crippen molar-refractivity contribution >= 4 is 19.9 Å². The van der Waals surface area contributed by atoms with Gasteiger partial charge in [-0.15, -0.1) is 0 Å². The second kappa shape index (κ2) is 13.0. The number of allylic oxidation sites excluding steroid dienone is 1. The Labute approximate surface area is 254 Å². The molecule has 0 aromatic carbocycles. The predicted molar refractivity (Wildman–Crippen MR) is 165 cm³/mol. The minimum Gasteiger partial charge on any atom is -0.396 e. The number of amides is 2. The highest BCUT2D eigenvalue weighted by Crippen LogP contribution is 2.61. The molecular formula is C33H56N2O6Si. The van der Waals surface area contributed by atoms with Crippen LogP contribution in [0.25, 0.3) is 0 Å². The summed E-state index contributed by atoms with van der Waals surface area (Å²) in [5, 5.41) is 22.7. The number of nitrogens with zero attached hydrogens (tertiary/aromatic N) is 1.